The predicted molar refractivity (Wildman–Crippen MR) is 79.5 cm³/mol. The van der Waals surface area contributed by atoms with Crippen molar-refractivity contribution in [3.63, 3.8) is 0 Å². The number of rotatable bonds is 6. The van der Waals surface area contributed by atoms with E-state index in [1.54, 1.807) is 24.3 Å². The zero-order valence-electron chi connectivity index (χ0n) is 11.8. The highest BCUT2D eigenvalue weighted by Gasteiger charge is 2.06. The Bertz CT molecular complexity index is 584. The minimum Gasteiger partial charge on any atom is -0.369 e. The van der Waals surface area contributed by atoms with Gasteiger partial charge in [0.25, 0.3) is 0 Å². The van der Waals surface area contributed by atoms with Gasteiger partial charge in [-0.05, 0) is 36.2 Å². The fraction of sp³-hybridized carbons (Fsp3) is 0.267. The average Bonchev–Trinajstić information content (AvgIpc) is 2.49. The SMILES string of the molecule is CCCNc1ccc(NC(=O)Cc2ccc(F)cc2)nn1. The van der Waals surface area contributed by atoms with Crippen molar-refractivity contribution < 1.29 is 9.18 Å². The molecule has 6 heteroatoms. The number of anilines is 2. The third kappa shape index (κ3) is 4.83. The fourth-order valence-corrected chi connectivity index (χ4v) is 1.72. The topological polar surface area (TPSA) is 66.9 Å². The Morgan fingerprint density at radius 1 is 1.10 bits per heavy atom. The van der Waals surface area contributed by atoms with E-state index in [4.69, 9.17) is 0 Å². The molecule has 5 nitrogen and oxygen atoms in total. The molecule has 0 aliphatic carbocycles. The first kappa shape index (κ1) is 14.9. The second-order valence-electron chi connectivity index (χ2n) is 4.58. The molecule has 1 amide bonds. The maximum Gasteiger partial charge on any atom is 0.229 e. The number of hydrogen-bond acceptors (Lipinski definition) is 4. The minimum atomic E-state index is -0.319. The first-order valence-corrected chi connectivity index (χ1v) is 6.79. The van der Waals surface area contributed by atoms with Crippen molar-refractivity contribution >= 4 is 17.5 Å². The molecule has 0 aliphatic rings. The number of nitrogens with zero attached hydrogens (tertiary/aromatic N) is 2. The van der Waals surface area contributed by atoms with Gasteiger partial charge < -0.3 is 10.6 Å². The molecule has 2 aromatic rings. The van der Waals surface area contributed by atoms with Crippen molar-refractivity contribution in [2.24, 2.45) is 0 Å². The monoisotopic (exact) mass is 288 g/mol. The van der Waals surface area contributed by atoms with Gasteiger partial charge in [0.1, 0.15) is 11.6 Å². The number of carbonyl (C=O) groups excluding carboxylic acids is 1. The van der Waals surface area contributed by atoms with Gasteiger partial charge >= 0.3 is 0 Å². The van der Waals surface area contributed by atoms with E-state index in [9.17, 15) is 9.18 Å². The van der Waals surface area contributed by atoms with Crippen LogP contribution in [-0.2, 0) is 11.2 Å². The van der Waals surface area contributed by atoms with E-state index in [2.05, 4.69) is 27.8 Å². The quantitative estimate of drug-likeness (QED) is 0.857. The predicted octanol–water partition coefficient (Wildman–Crippen LogP) is 2.62. The van der Waals surface area contributed by atoms with Gasteiger partial charge in [-0.2, -0.15) is 0 Å². The van der Waals surface area contributed by atoms with E-state index in [1.165, 1.54) is 12.1 Å². The van der Waals surface area contributed by atoms with Crippen LogP contribution >= 0.6 is 0 Å². The minimum absolute atomic E-state index is 0.164. The summed E-state index contributed by atoms with van der Waals surface area (Å²) in [6, 6.07) is 9.27. The molecule has 0 spiro atoms. The molecule has 0 unspecified atom stereocenters. The smallest absolute Gasteiger partial charge is 0.229 e. The first-order chi connectivity index (χ1) is 10.2. The molecular weight excluding hydrogens is 271 g/mol. The summed E-state index contributed by atoms with van der Waals surface area (Å²) in [7, 11) is 0. The van der Waals surface area contributed by atoms with Crippen LogP contribution in [0.25, 0.3) is 0 Å². The summed E-state index contributed by atoms with van der Waals surface area (Å²) in [6.07, 6.45) is 1.16. The van der Waals surface area contributed by atoms with Gasteiger partial charge in [0, 0.05) is 6.54 Å². The Balaban J connectivity index is 1.88. The number of aromatic nitrogens is 2. The molecule has 21 heavy (non-hydrogen) atoms. The second kappa shape index (κ2) is 7.33. The third-order valence-electron chi connectivity index (χ3n) is 2.77. The van der Waals surface area contributed by atoms with Crippen LogP contribution in [0.4, 0.5) is 16.0 Å². The Labute approximate surface area is 122 Å². The lowest BCUT2D eigenvalue weighted by molar-refractivity contribution is -0.115. The summed E-state index contributed by atoms with van der Waals surface area (Å²) >= 11 is 0. The first-order valence-electron chi connectivity index (χ1n) is 6.79. The van der Waals surface area contributed by atoms with Crippen LogP contribution in [-0.4, -0.2) is 22.6 Å². The highest BCUT2D eigenvalue weighted by molar-refractivity contribution is 5.91. The van der Waals surface area contributed by atoms with Gasteiger partial charge in [-0.15, -0.1) is 10.2 Å². The number of carbonyl (C=O) groups is 1. The van der Waals surface area contributed by atoms with Gasteiger partial charge in [-0.1, -0.05) is 19.1 Å². The maximum atomic E-state index is 12.8. The highest BCUT2D eigenvalue weighted by atomic mass is 19.1. The zero-order chi connectivity index (χ0) is 15.1. The molecule has 0 fully saturated rings. The molecule has 2 rings (SSSR count). The molecular formula is C15H17FN4O. The summed E-state index contributed by atoms with van der Waals surface area (Å²) in [5.41, 5.74) is 0.739. The molecule has 0 bridgehead atoms. The van der Waals surface area contributed by atoms with Crippen LogP contribution < -0.4 is 10.6 Å². The Morgan fingerprint density at radius 2 is 1.76 bits per heavy atom. The molecule has 0 aliphatic heterocycles. The molecule has 1 aromatic carbocycles. The van der Waals surface area contributed by atoms with Crippen LogP contribution in [0.1, 0.15) is 18.9 Å². The van der Waals surface area contributed by atoms with E-state index in [0.29, 0.717) is 11.6 Å². The highest BCUT2D eigenvalue weighted by Crippen LogP contribution is 2.08. The molecule has 1 aromatic heterocycles. The van der Waals surface area contributed by atoms with Crippen LogP contribution in [0.15, 0.2) is 36.4 Å². The number of benzene rings is 1. The van der Waals surface area contributed by atoms with Gasteiger partial charge in [-0.3, -0.25) is 4.79 Å². The summed E-state index contributed by atoms with van der Waals surface area (Å²) < 4.78 is 12.8. The lowest BCUT2D eigenvalue weighted by Crippen LogP contribution is -2.16. The van der Waals surface area contributed by atoms with Crippen LogP contribution in [0.5, 0.6) is 0 Å². The summed E-state index contributed by atoms with van der Waals surface area (Å²) in [5, 5.41) is 13.6. The molecule has 0 atom stereocenters. The van der Waals surface area contributed by atoms with Crippen molar-refractivity contribution in [3.8, 4) is 0 Å². The van der Waals surface area contributed by atoms with E-state index >= 15 is 0 Å². The number of amides is 1. The fourth-order valence-electron chi connectivity index (χ4n) is 1.72. The van der Waals surface area contributed by atoms with Crippen LogP contribution in [0.3, 0.4) is 0 Å². The van der Waals surface area contributed by atoms with Crippen molar-refractivity contribution in [1.29, 1.82) is 0 Å². The van der Waals surface area contributed by atoms with E-state index < -0.39 is 0 Å². The summed E-state index contributed by atoms with van der Waals surface area (Å²) in [5.74, 6) is 0.530. The maximum absolute atomic E-state index is 12.8. The lowest BCUT2D eigenvalue weighted by atomic mass is 10.1. The van der Waals surface area contributed by atoms with Crippen LogP contribution in [0, 0.1) is 5.82 Å². The van der Waals surface area contributed by atoms with Crippen LogP contribution in [0.2, 0.25) is 0 Å². The summed E-state index contributed by atoms with van der Waals surface area (Å²) in [4.78, 5) is 11.8. The lowest BCUT2D eigenvalue weighted by Gasteiger charge is -2.06. The second-order valence-corrected chi connectivity index (χ2v) is 4.58. The Hall–Kier alpha value is -2.50. The zero-order valence-corrected chi connectivity index (χ0v) is 11.8. The van der Waals surface area contributed by atoms with Crippen molar-refractivity contribution in [2.75, 3.05) is 17.2 Å². The largest absolute Gasteiger partial charge is 0.369 e. The molecule has 0 saturated carbocycles. The van der Waals surface area contributed by atoms with E-state index in [0.717, 1.165) is 18.5 Å². The molecule has 1 heterocycles. The van der Waals surface area contributed by atoms with Crippen molar-refractivity contribution in [3.05, 3.63) is 47.8 Å². The number of hydrogen-bond donors (Lipinski definition) is 2. The van der Waals surface area contributed by atoms with E-state index in [-0.39, 0.29) is 18.1 Å². The normalized spacial score (nSPS) is 10.2. The number of halogens is 1. The van der Waals surface area contributed by atoms with Crippen molar-refractivity contribution in [2.45, 2.75) is 19.8 Å². The molecule has 0 saturated heterocycles. The van der Waals surface area contributed by atoms with Gasteiger partial charge in [-0.25, -0.2) is 4.39 Å². The Kier molecular flexibility index (Phi) is 5.20. The van der Waals surface area contributed by atoms with Crippen molar-refractivity contribution in [1.82, 2.24) is 10.2 Å². The third-order valence-corrected chi connectivity index (χ3v) is 2.77. The van der Waals surface area contributed by atoms with Gasteiger partial charge in [0.2, 0.25) is 5.91 Å². The standard InChI is InChI=1S/C15H17FN4O/c1-2-9-17-13-7-8-14(20-19-13)18-15(21)10-11-3-5-12(16)6-4-11/h3-8H,2,9-10H2,1H3,(H,17,19)(H,18,20,21). The van der Waals surface area contributed by atoms with E-state index in [1.807, 2.05) is 0 Å². The molecule has 2 N–H and O–H groups in total. The van der Waals surface area contributed by atoms with Gasteiger partial charge in [0.15, 0.2) is 5.82 Å². The Morgan fingerprint density at radius 3 is 2.38 bits per heavy atom. The summed E-state index contributed by atoms with van der Waals surface area (Å²) in [6.45, 7) is 2.88. The average molecular weight is 288 g/mol. The number of nitrogens with one attached hydrogen (secondary N) is 2. The molecule has 110 valence electrons. The van der Waals surface area contributed by atoms with Gasteiger partial charge in [0.05, 0.1) is 6.42 Å². The molecule has 0 radical (unpaired) electrons.